The van der Waals surface area contributed by atoms with Crippen molar-refractivity contribution in [1.29, 1.82) is 0 Å². The molecule has 10 nitrogen and oxygen atoms in total. The van der Waals surface area contributed by atoms with Gasteiger partial charge in [0.05, 0.1) is 18.3 Å². The summed E-state index contributed by atoms with van der Waals surface area (Å²) in [5.74, 6) is -0.211. The van der Waals surface area contributed by atoms with Crippen LogP contribution in [0.2, 0.25) is 0 Å². The molecule has 0 aromatic heterocycles. The first kappa shape index (κ1) is 34.3. The number of esters is 1. The molecule has 7 aliphatic rings. The Bertz CT molecular complexity index is 1300. The van der Waals surface area contributed by atoms with Gasteiger partial charge in [-0.1, -0.05) is 34.6 Å². The second-order valence-corrected chi connectivity index (χ2v) is 18.4. The normalized spacial score (nSPS) is 53.5. The fourth-order valence-corrected chi connectivity index (χ4v) is 13.2. The SMILES string of the molecule is CC(=O)O[C@H](C[C@@H](C)[C@H]1C(=O)[C@H](O)[C@@]2(C)[C@@H]3CCC4C(C)(C)[C@@H](O[C@@H]5OC[C@H](O)[C@H](O)[C@H]5O)CC[C@@]45C[C@@]35CC[C@]12C)[C@@H]1OC1(C)C. The topological polar surface area (TPSA) is 155 Å². The van der Waals surface area contributed by atoms with Crippen LogP contribution in [0, 0.1) is 50.7 Å². The van der Waals surface area contributed by atoms with Gasteiger partial charge in [-0.2, -0.15) is 0 Å². The van der Waals surface area contributed by atoms with Gasteiger partial charge in [0.15, 0.2) is 12.1 Å². The van der Waals surface area contributed by atoms with Crippen molar-refractivity contribution in [1.82, 2.24) is 0 Å². The standard InChI is InChI=1S/C37H58O10/c1-18(15-21(45-19(2)38)30-33(5,6)47-30)25-27(41)29(43)35(8)23-10-9-22-32(3,4)24(46-31-28(42)26(40)20(39)16-44-31)11-12-36(22)17-37(23,36)14-13-34(25,35)7/h18,20-26,28-31,39-40,42-43H,9-17H2,1-8H3/t18-,20+,21-,22?,23+,24+,25+,26+,28-,29+,30+,31+,34-,35-,36-,37+/m1/s1. The predicted molar refractivity (Wildman–Crippen MR) is 170 cm³/mol. The highest BCUT2D eigenvalue weighted by Gasteiger charge is 2.84. The highest BCUT2D eigenvalue weighted by Crippen LogP contribution is 2.89. The molecular formula is C37H58O10. The maximum absolute atomic E-state index is 14.2. The molecule has 0 aromatic rings. The van der Waals surface area contributed by atoms with Crippen molar-refractivity contribution in [3.8, 4) is 0 Å². The Hall–Kier alpha value is -1.14. The summed E-state index contributed by atoms with van der Waals surface area (Å²) in [5, 5.41) is 42.8. The molecule has 0 aromatic carbocycles. The predicted octanol–water partition coefficient (Wildman–Crippen LogP) is 3.53. The second-order valence-electron chi connectivity index (χ2n) is 18.4. The average Bonchev–Trinajstić information content (AvgIpc) is 3.84. The van der Waals surface area contributed by atoms with Crippen molar-refractivity contribution in [3.05, 3.63) is 0 Å². The molecule has 0 radical (unpaired) electrons. The van der Waals surface area contributed by atoms with Crippen LogP contribution in [0.25, 0.3) is 0 Å². The third-order valence-electron chi connectivity index (χ3n) is 15.7. The van der Waals surface area contributed by atoms with Crippen LogP contribution in [0.3, 0.4) is 0 Å². The summed E-state index contributed by atoms with van der Waals surface area (Å²) in [6.45, 7) is 16.4. The maximum Gasteiger partial charge on any atom is 0.302 e. The summed E-state index contributed by atoms with van der Waals surface area (Å²) >= 11 is 0. The summed E-state index contributed by atoms with van der Waals surface area (Å²) < 4.78 is 23.7. The molecule has 16 atom stereocenters. The van der Waals surface area contributed by atoms with E-state index in [0.717, 1.165) is 44.9 Å². The Labute approximate surface area is 279 Å². The zero-order valence-corrected chi connectivity index (χ0v) is 29.5. The fourth-order valence-electron chi connectivity index (χ4n) is 13.2. The van der Waals surface area contributed by atoms with Gasteiger partial charge in [-0.15, -0.1) is 0 Å². The highest BCUT2D eigenvalue weighted by molar-refractivity contribution is 5.90. The van der Waals surface area contributed by atoms with E-state index in [9.17, 15) is 30.0 Å². The van der Waals surface area contributed by atoms with Crippen molar-refractivity contribution in [2.24, 2.45) is 50.7 Å². The molecule has 2 spiro atoms. The number of rotatable bonds is 7. The van der Waals surface area contributed by atoms with Gasteiger partial charge in [0.2, 0.25) is 0 Å². The van der Waals surface area contributed by atoms with Crippen LogP contribution in [-0.4, -0.2) is 93.4 Å². The Morgan fingerprint density at radius 3 is 2.21 bits per heavy atom. The van der Waals surface area contributed by atoms with Crippen LogP contribution in [0.1, 0.15) is 107 Å². The summed E-state index contributed by atoms with van der Waals surface area (Å²) in [4.78, 5) is 26.3. The first-order chi connectivity index (χ1) is 21.8. The van der Waals surface area contributed by atoms with Crippen LogP contribution in [0.4, 0.5) is 0 Å². The zero-order valence-electron chi connectivity index (χ0n) is 29.5. The number of carbonyl (C=O) groups excluding carboxylic acids is 2. The minimum atomic E-state index is -1.31. The molecule has 7 fully saturated rings. The Kier molecular flexibility index (Phi) is 7.80. The van der Waals surface area contributed by atoms with E-state index in [-0.39, 0.29) is 75.6 Å². The van der Waals surface area contributed by atoms with Crippen molar-refractivity contribution < 1.29 is 49.0 Å². The van der Waals surface area contributed by atoms with Gasteiger partial charge in [-0.05, 0) is 105 Å². The van der Waals surface area contributed by atoms with Crippen LogP contribution in [-0.2, 0) is 28.5 Å². The van der Waals surface area contributed by atoms with Crippen LogP contribution in [0.5, 0.6) is 0 Å². The molecule has 0 bridgehead atoms. The number of epoxide rings is 1. The van der Waals surface area contributed by atoms with Crippen molar-refractivity contribution >= 4 is 11.8 Å². The lowest BCUT2D eigenvalue weighted by atomic mass is 9.41. The minimum absolute atomic E-state index is 0.0512. The second kappa shape index (κ2) is 10.7. The summed E-state index contributed by atoms with van der Waals surface area (Å²) in [6, 6.07) is 0. The minimum Gasteiger partial charge on any atom is -0.460 e. The molecule has 5 saturated carbocycles. The zero-order chi connectivity index (χ0) is 34.3. The van der Waals surface area contributed by atoms with Crippen molar-refractivity contribution in [2.45, 2.75) is 161 Å². The lowest BCUT2D eigenvalue weighted by molar-refractivity contribution is -0.303. The number of ether oxygens (including phenoxy) is 4. The molecule has 7 rings (SSSR count). The molecule has 266 valence electrons. The Balaban J connectivity index is 1.12. The smallest absolute Gasteiger partial charge is 0.302 e. The Morgan fingerprint density at radius 2 is 1.57 bits per heavy atom. The molecule has 0 amide bonds. The van der Waals surface area contributed by atoms with Gasteiger partial charge in [-0.3, -0.25) is 9.59 Å². The van der Waals surface area contributed by atoms with Gasteiger partial charge in [0, 0.05) is 18.3 Å². The molecule has 2 heterocycles. The monoisotopic (exact) mass is 662 g/mol. The van der Waals surface area contributed by atoms with E-state index >= 15 is 0 Å². The number of Topliss-reactive ketones (excluding diaryl/α,β-unsaturated/α-hetero) is 1. The van der Waals surface area contributed by atoms with Gasteiger partial charge in [0.1, 0.15) is 36.6 Å². The summed E-state index contributed by atoms with van der Waals surface area (Å²) in [7, 11) is 0. The maximum atomic E-state index is 14.2. The lowest BCUT2D eigenvalue weighted by Crippen LogP contribution is -2.61. The number of aliphatic hydroxyl groups excluding tert-OH is 4. The van der Waals surface area contributed by atoms with E-state index in [4.69, 9.17) is 18.9 Å². The lowest BCUT2D eigenvalue weighted by Gasteiger charge is -2.63. The highest BCUT2D eigenvalue weighted by atomic mass is 16.7. The van der Waals surface area contributed by atoms with Gasteiger partial charge in [0.25, 0.3) is 0 Å². The molecule has 10 heteroatoms. The molecule has 5 aliphatic carbocycles. The van der Waals surface area contributed by atoms with Gasteiger partial charge < -0.3 is 39.4 Å². The van der Waals surface area contributed by atoms with E-state index in [2.05, 4.69) is 34.6 Å². The molecule has 2 aliphatic heterocycles. The number of fused-ring (bicyclic) bond motifs is 2. The first-order valence-electron chi connectivity index (χ1n) is 18.2. The molecule has 1 unspecified atom stereocenters. The van der Waals surface area contributed by atoms with E-state index in [1.165, 1.54) is 6.92 Å². The average molecular weight is 663 g/mol. The first-order valence-corrected chi connectivity index (χ1v) is 18.2. The van der Waals surface area contributed by atoms with Crippen LogP contribution >= 0.6 is 0 Å². The number of hydrogen-bond acceptors (Lipinski definition) is 10. The molecule has 2 saturated heterocycles. The van der Waals surface area contributed by atoms with Crippen LogP contribution < -0.4 is 0 Å². The van der Waals surface area contributed by atoms with Crippen LogP contribution in [0.15, 0.2) is 0 Å². The summed E-state index contributed by atoms with van der Waals surface area (Å²) in [5.41, 5.74) is -1.34. The molecule has 47 heavy (non-hydrogen) atoms. The Morgan fingerprint density at radius 1 is 0.936 bits per heavy atom. The largest absolute Gasteiger partial charge is 0.460 e. The van der Waals surface area contributed by atoms with Crippen molar-refractivity contribution in [2.75, 3.05) is 6.61 Å². The third kappa shape index (κ3) is 4.53. The van der Waals surface area contributed by atoms with Gasteiger partial charge in [-0.25, -0.2) is 0 Å². The number of carbonyl (C=O) groups is 2. The van der Waals surface area contributed by atoms with Gasteiger partial charge >= 0.3 is 5.97 Å². The van der Waals surface area contributed by atoms with E-state index < -0.39 is 42.2 Å². The third-order valence-corrected chi connectivity index (χ3v) is 15.7. The van der Waals surface area contributed by atoms with E-state index in [1.54, 1.807) is 0 Å². The number of hydrogen-bond donors (Lipinski definition) is 4. The van der Waals surface area contributed by atoms with E-state index in [0.29, 0.717) is 12.3 Å². The van der Waals surface area contributed by atoms with E-state index in [1.807, 2.05) is 13.8 Å². The fraction of sp³-hybridized carbons (Fsp3) is 0.946. The quantitative estimate of drug-likeness (QED) is 0.181. The summed E-state index contributed by atoms with van der Waals surface area (Å²) in [6.07, 6.45) is 0.666. The van der Waals surface area contributed by atoms with Crippen molar-refractivity contribution in [3.63, 3.8) is 0 Å². The molecular weight excluding hydrogens is 604 g/mol. The number of ketones is 1. The molecule has 4 N–H and O–H groups in total. The number of aliphatic hydroxyl groups is 4.